The topological polar surface area (TPSA) is 64.4 Å². The van der Waals surface area contributed by atoms with Gasteiger partial charge in [0.25, 0.3) is 0 Å². The van der Waals surface area contributed by atoms with Crippen LogP contribution >= 0.6 is 0 Å². The summed E-state index contributed by atoms with van der Waals surface area (Å²) in [4.78, 5) is 12.2. The molecule has 0 aromatic heterocycles. The molecule has 4 nitrogen and oxygen atoms in total. The van der Waals surface area contributed by atoms with Gasteiger partial charge < -0.3 is 15.8 Å². The molecule has 1 amide bonds. The van der Waals surface area contributed by atoms with Crippen molar-refractivity contribution in [1.82, 2.24) is 5.32 Å². The molecule has 0 bridgehead atoms. The molecule has 1 heterocycles. The molecule has 0 aromatic carbocycles. The van der Waals surface area contributed by atoms with Crippen LogP contribution in [0.1, 0.15) is 39.5 Å². The van der Waals surface area contributed by atoms with Crippen LogP contribution < -0.4 is 11.1 Å². The summed E-state index contributed by atoms with van der Waals surface area (Å²) < 4.78 is 5.24. The highest BCUT2D eigenvalue weighted by Gasteiger charge is 2.43. The van der Waals surface area contributed by atoms with Gasteiger partial charge in [0.15, 0.2) is 0 Å². The Kier molecular flexibility index (Phi) is 2.97. The smallest absolute Gasteiger partial charge is 0.240 e. The first kappa shape index (κ1) is 11.9. The Hall–Kier alpha value is -0.610. The van der Waals surface area contributed by atoms with Gasteiger partial charge in [-0.05, 0) is 45.4 Å². The summed E-state index contributed by atoms with van der Waals surface area (Å²) in [5.74, 6) is 0.618. The Morgan fingerprint density at radius 3 is 2.44 bits per heavy atom. The molecule has 3 N–H and O–H groups in total. The van der Waals surface area contributed by atoms with Gasteiger partial charge in [-0.3, -0.25) is 4.79 Å². The van der Waals surface area contributed by atoms with Gasteiger partial charge in [0.05, 0.1) is 5.54 Å². The van der Waals surface area contributed by atoms with Gasteiger partial charge in [-0.1, -0.05) is 0 Å². The molecule has 1 saturated carbocycles. The number of nitrogens with one attached hydrogen (secondary N) is 1. The van der Waals surface area contributed by atoms with E-state index < -0.39 is 5.54 Å². The zero-order valence-electron chi connectivity index (χ0n) is 10.2. The van der Waals surface area contributed by atoms with Crippen LogP contribution in [0, 0.1) is 5.92 Å². The molecule has 1 saturated heterocycles. The second-order valence-corrected chi connectivity index (χ2v) is 5.72. The van der Waals surface area contributed by atoms with Gasteiger partial charge in [0.1, 0.15) is 0 Å². The van der Waals surface area contributed by atoms with Gasteiger partial charge in [-0.15, -0.1) is 0 Å². The SMILES string of the molecule is CC(C)(NC(=O)C1(N)CCOCC1)C1CC1. The van der Waals surface area contributed by atoms with Crippen LogP contribution in [0.4, 0.5) is 0 Å². The molecule has 0 radical (unpaired) electrons. The standard InChI is InChI=1S/C12H22N2O2/c1-11(2,9-3-4-9)14-10(15)12(13)5-7-16-8-6-12/h9H,3-8,13H2,1-2H3,(H,14,15). The number of carbonyl (C=O) groups excluding carboxylic acids is 1. The van der Waals surface area contributed by atoms with Crippen molar-refractivity contribution in [2.24, 2.45) is 11.7 Å². The second kappa shape index (κ2) is 4.00. The normalized spacial score (nSPS) is 25.2. The predicted molar refractivity (Wildman–Crippen MR) is 61.9 cm³/mol. The van der Waals surface area contributed by atoms with Crippen molar-refractivity contribution in [3.05, 3.63) is 0 Å². The first-order chi connectivity index (χ1) is 7.44. The fraction of sp³-hybridized carbons (Fsp3) is 0.917. The lowest BCUT2D eigenvalue weighted by molar-refractivity contribution is -0.131. The molecule has 1 aliphatic heterocycles. The van der Waals surface area contributed by atoms with Gasteiger partial charge in [0, 0.05) is 18.8 Å². The van der Waals surface area contributed by atoms with Crippen LogP contribution in [0.3, 0.4) is 0 Å². The summed E-state index contributed by atoms with van der Waals surface area (Å²) in [6, 6.07) is 0. The Morgan fingerprint density at radius 1 is 1.38 bits per heavy atom. The van der Waals surface area contributed by atoms with Crippen LogP contribution in [0.5, 0.6) is 0 Å². The molecule has 2 rings (SSSR count). The summed E-state index contributed by atoms with van der Waals surface area (Å²) >= 11 is 0. The van der Waals surface area contributed by atoms with E-state index >= 15 is 0 Å². The molecule has 0 spiro atoms. The summed E-state index contributed by atoms with van der Waals surface area (Å²) in [6.07, 6.45) is 3.68. The molecule has 0 atom stereocenters. The number of hydrogen-bond acceptors (Lipinski definition) is 3. The maximum atomic E-state index is 12.2. The van der Waals surface area contributed by atoms with Gasteiger partial charge >= 0.3 is 0 Å². The lowest BCUT2D eigenvalue weighted by Gasteiger charge is -2.36. The first-order valence-electron chi connectivity index (χ1n) is 6.13. The third kappa shape index (κ3) is 2.38. The predicted octanol–water partition coefficient (Wildman–Crippen LogP) is 0.799. The molecular formula is C12H22N2O2. The number of hydrogen-bond donors (Lipinski definition) is 2. The number of ether oxygens (including phenoxy) is 1. The molecular weight excluding hydrogens is 204 g/mol. The minimum Gasteiger partial charge on any atom is -0.381 e. The lowest BCUT2D eigenvalue weighted by Crippen LogP contribution is -2.61. The van der Waals surface area contributed by atoms with Gasteiger partial charge in [-0.2, -0.15) is 0 Å². The minimum absolute atomic E-state index is 0.00676. The van der Waals surface area contributed by atoms with Crippen molar-refractivity contribution in [3.8, 4) is 0 Å². The van der Waals surface area contributed by atoms with Crippen LogP contribution in [-0.4, -0.2) is 30.2 Å². The van der Waals surface area contributed by atoms with E-state index in [0.29, 0.717) is 32.0 Å². The van der Waals surface area contributed by atoms with E-state index in [-0.39, 0.29) is 11.4 Å². The molecule has 2 fully saturated rings. The van der Waals surface area contributed by atoms with Gasteiger partial charge in [-0.25, -0.2) is 0 Å². The monoisotopic (exact) mass is 226 g/mol. The average molecular weight is 226 g/mol. The Balaban J connectivity index is 1.95. The highest BCUT2D eigenvalue weighted by atomic mass is 16.5. The number of carbonyl (C=O) groups is 1. The van der Waals surface area contributed by atoms with Crippen LogP contribution in [0.25, 0.3) is 0 Å². The van der Waals surface area contributed by atoms with Crippen molar-refractivity contribution < 1.29 is 9.53 Å². The minimum atomic E-state index is -0.718. The largest absolute Gasteiger partial charge is 0.381 e. The highest BCUT2D eigenvalue weighted by molar-refractivity contribution is 5.86. The Bertz CT molecular complexity index is 279. The number of amides is 1. The molecule has 4 heteroatoms. The fourth-order valence-electron chi connectivity index (χ4n) is 2.29. The fourth-order valence-corrected chi connectivity index (χ4v) is 2.29. The summed E-state index contributed by atoms with van der Waals surface area (Å²) in [6.45, 7) is 5.36. The highest BCUT2D eigenvalue weighted by Crippen LogP contribution is 2.39. The maximum absolute atomic E-state index is 12.2. The Labute approximate surface area is 96.9 Å². The van der Waals surface area contributed by atoms with E-state index in [0.717, 1.165) is 0 Å². The molecule has 2 aliphatic rings. The van der Waals surface area contributed by atoms with Crippen molar-refractivity contribution in [3.63, 3.8) is 0 Å². The molecule has 16 heavy (non-hydrogen) atoms. The van der Waals surface area contributed by atoms with Crippen LogP contribution in [-0.2, 0) is 9.53 Å². The van der Waals surface area contributed by atoms with E-state index in [9.17, 15) is 4.79 Å². The lowest BCUT2D eigenvalue weighted by atomic mass is 9.88. The summed E-state index contributed by atoms with van der Waals surface area (Å²) in [7, 11) is 0. The maximum Gasteiger partial charge on any atom is 0.240 e. The van der Waals surface area contributed by atoms with E-state index in [4.69, 9.17) is 10.5 Å². The zero-order chi connectivity index (χ0) is 11.8. The van der Waals surface area contributed by atoms with Gasteiger partial charge in [0.2, 0.25) is 5.91 Å². The summed E-state index contributed by atoms with van der Waals surface area (Å²) in [5, 5.41) is 3.11. The van der Waals surface area contributed by atoms with Crippen LogP contribution in [0.15, 0.2) is 0 Å². The average Bonchev–Trinajstić information content (AvgIpc) is 3.01. The summed E-state index contributed by atoms with van der Waals surface area (Å²) in [5.41, 5.74) is 5.31. The molecule has 1 aliphatic carbocycles. The Morgan fingerprint density at radius 2 is 1.94 bits per heavy atom. The second-order valence-electron chi connectivity index (χ2n) is 5.72. The number of nitrogens with two attached hydrogens (primary N) is 1. The zero-order valence-corrected chi connectivity index (χ0v) is 10.2. The van der Waals surface area contributed by atoms with Crippen molar-refractivity contribution in [2.75, 3.05) is 13.2 Å². The van der Waals surface area contributed by atoms with E-state index in [2.05, 4.69) is 19.2 Å². The van der Waals surface area contributed by atoms with E-state index in [1.165, 1.54) is 12.8 Å². The van der Waals surface area contributed by atoms with E-state index in [1.807, 2.05) is 0 Å². The van der Waals surface area contributed by atoms with Crippen molar-refractivity contribution in [2.45, 2.75) is 50.6 Å². The third-order valence-electron chi connectivity index (χ3n) is 3.87. The molecule has 0 unspecified atom stereocenters. The quantitative estimate of drug-likeness (QED) is 0.748. The van der Waals surface area contributed by atoms with Crippen LogP contribution in [0.2, 0.25) is 0 Å². The third-order valence-corrected chi connectivity index (χ3v) is 3.87. The van der Waals surface area contributed by atoms with E-state index in [1.54, 1.807) is 0 Å². The molecule has 0 aromatic rings. The first-order valence-corrected chi connectivity index (χ1v) is 6.13. The van der Waals surface area contributed by atoms with Crippen molar-refractivity contribution >= 4 is 5.91 Å². The number of rotatable bonds is 3. The van der Waals surface area contributed by atoms with Crippen molar-refractivity contribution in [1.29, 1.82) is 0 Å². The molecule has 92 valence electrons.